The Morgan fingerprint density at radius 2 is 2.11 bits per heavy atom. The minimum atomic E-state index is -2.85. The number of carbonyl (C=O) groups is 1. The number of benzene rings is 1. The number of halogens is 3. The first-order chi connectivity index (χ1) is 8.52. The zero-order valence-electron chi connectivity index (χ0n) is 10.7. The van der Waals surface area contributed by atoms with Gasteiger partial charge in [-0.25, -0.2) is 0 Å². The van der Waals surface area contributed by atoms with Crippen LogP contribution in [0.25, 0.3) is 0 Å². The van der Waals surface area contributed by atoms with Crippen molar-refractivity contribution in [2.75, 3.05) is 13.6 Å². The summed E-state index contributed by atoms with van der Waals surface area (Å²) in [4.78, 5) is 11.4. The van der Waals surface area contributed by atoms with Gasteiger partial charge in [0.15, 0.2) is 0 Å². The Morgan fingerprint density at radius 1 is 1.42 bits per heavy atom. The molecule has 1 rings (SSSR count). The van der Waals surface area contributed by atoms with Gasteiger partial charge in [0.2, 0.25) is 5.91 Å². The van der Waals surface area contributed by atoms with Crippen LogP contribution in [0.1, 0.15) is 18.5 Å². The standard InChI is InChI=1S/C12H16F2N2O2.ClH/c1-8(16-11(17)7-15-2)9-4-3-5-10(6-9)18-12(13)14;/h3-6,8,12,15H,7H2,1-2H3,(H,16,17);1H. The van der Waals surface area contributed by atoms with Gasteiger partial charge in [-0.1, -0.05) is 12.1 Å². The third kappa shape index (κ3) is 6.35. The van der Waals surface area contributed by atoms with Gasteiger partial charge < -0.3 is 15.4 Å². The van der Waals surface area contributed by atoms with E-state index < -0.39 is 6.61 Å². The van der Waals surface area contributed by atoms with Gasteiger partial charge in [-0.15, -0.1) is 12.4 Å². The second-order valence-corrected chi connectivity index (χ2v) is 3.77. The number of hydrogen-bond acceptors (Lipinski definition) is 3. The average Bonchev–Trinajstić information content (AvgIpc) is 2.28. The molecular weight excluding hydrogens is 278 g/mol. The molecule has 2 N–H and O–H groups in total. The molecule has 0 spiro atoms. The van der Waals surface area contributed by atoms with Gasteiger partial charge in [-0.2, -0.15) is 8.78 Å². The number of ether oxygens (including phenoxy) is 1. The van der Waals surface area contributed by atoms with Crippen molar-refractivity contribution in [3.05, 3.63) is 29.8 Å². The zero-order chi connectivity index (χ0) is 13.5. The molecule has 4 nitrogen and oxygen atoms in total. The Balaban J connectivity index is 0.00000324. The molecule has 0 aromatic heterocycles. The maximum absolute atomic E-state index is 12.1. The summed E-state index contributed by atoms with van der Waals surface area (Å²) in [7, 11) is 1.67. The summed E-state index contributed by atoms with van der Waals surface area (Å²) in [5, 5.41) is 5.46. The number of carbonyl (C=O) groups excluding carboxylic acids is 1. The Hall–Kier alpha value is -1.40. The van der Waals surface area contributed by atoms with E-state index in [1.807, 2.05) is 0 Å². The predicted octanol–water partition coefficient (Wildman–Crippen LogP) is 2.11. The third-order valence-corrected chi connectivity index (χ3v) is 2.30. The van der Waals surface area contributed by atoms with Crippen LogP contribution in [0.15, 0.2) is 24.3 Å². The van der Waals surface area contributed by atoms with Crippen LogP contribution in [-0.4, -0.2) is 26.1 Å². The fourth-order valence-corrected chi connectivity index (χ4v) is 1.50. The molecule has 0 aliphatic heterocycles. The van der Waals surface area contributed by atoms with E-state index in [-0.39, 0.29) is 36.7 Å². The smallest absolute Gasteiger partial charge is 0.387 e. The van der Waals surface area contributed by atoms with Crippen LogP contribution < -0.4 is 15.4 Å². The Bertz CT molecular complexity index is 405. The SMILES string of the molecule is CNCC(=O)NC(C)c1cccc(OC(F)F)c1.Cl. The third-order valence-electron chi connectivity index (χ3n) is 2.30. The lowest BCUT2D eigenvalue weighted by atomic mass is 10.1. The molecule has 0 bridgehead atoms. The molecule has 0 saturated heterocycles. The number of hydrogen-bond donors (Lipinski definition) is 2. The van der Waals surface area contributed by atoms with Crippen LogP contribution in [-0.2, 0) is 4.79 Å². The molecule has 1 atom stereocenters. The summed E-state index contributed by atoms with van der Waals surface area (Å²) < 4.78 is 28.4. The van der Waals surface area contributed by atoms with Gasteiger partial charge in [0.1, 0.15) is 5.75 Å². The average molecular weight is 295 g/mol. The van der Waals surface area contributed by atoms with E-state index in [0.29, 0.717) is 5.56 Å². The van der Waals surface area contributed by atoms with Gasteiger partial charge in [-0.05, 0) is 31.7 Å². The Labute approximate surface area is 116 Å². The highest BCUT2D eigenvalue weighted by Gasteiger charge is 2.11. The molecule has 0 heterocycles. The summed E-state index contributed by atoms with van der Waals surface area (Å²) in [5.74, 6) is -0.0811. The second-order valence-electron chi connectivity index (χ2n) is 3.77. The lowest BCUT2D eigenvalue weighted by Crippen LogP contribution is -2.33. The van der Waals surface area contributed by atoms with Crippen LogP contribution in [0.3, 0.4) is 0 Å². The molecule has 19 heavy (non-hydrogen) atoms. The van der Waals surface area contributed by atoms with Crippen molar-refractivity contribution >= 4 is 18.3 Å². The molecule has 0 aliphatic rings. The van der Waals surface area contributed by atoms with Gasteiger partial charge >= 0.3 is 6.61 Å². The van der Waals surface area contributed by atoms with E-state index in [0.717, 1.165) is 0 Å². The van der Waals surface area contributed by atoms with Crippen LogP contribution in [0, 0.1) is 0 Å². The maximum Gasteiger partial charge on any atom is 0.387 e. The number of amides is 1. The van der Waals surface area contributed by atoms with Crippen molar-refractivity contribution < 1.29 is 18.3 Å². The topological polar surface area (TPSA) is 50.4 Å². The highest BCUT2D eigenvalue weighted by Crippen LogP contribution is 2.20. The fourth-order valence-electron chi connectivity index (χ4n) is 1.50. The minimum Gasteiger partial charge on any atom is -0.435 e. The molecule has 7 heteroatoms. The quantitative estimate of drug-likeness (QED) is 0.845. The highest BCUT2D eigenvalue weighted by atomic mass is 35.5. The van der Waals surface area contributed by atoms with E-state index in [1.54, 1.807) is 26.1 Å². The number of rotatable bonds is 6. The molecule has 108 valence electrons. The van der Waals surface area contributed by atoms with E-state index >= 15 is 0 Å². The molecule has 1 amide bonds. The van der Waals surface area contributed by atoms with Crippen molar-refractivity contribution in [2.24, 2.45) is 0 Å². The highest BCUT2D eigenvalue weighted by molar-refractivity contribution is 5.85. The summed E-state index contributed by atoms with van der Waals surface area (Å²) >= 11 is 0. The molecule has 1 unspecified atom stereocenters. The van der Waals surface area contributed by atoms with Crippen molar-refractivity contribution in [3.63, 3.8) is 0 Å². The fraction of sp³-hybridized carbons (Fsp3) is 0.417. The van der Waals surface area contributed by atoms with E-state index in [1.165, 1.54) is 12.1 Å². The van der Waals surface area contributed by atoms with Gasteiger partial charge in [-0.3, -0.25) is 4.79 Å². The normalized spacial score (nSPS) is 11.6. The summed E-state index contributed by atoms with van der Waals surface area (Å²) in [6, 6.07) is 6.00. The largest absolute Gasteiger partial charge is 0.435 e. The lowest BCUT2D eigenvalue weighted by Gasteiger charge is -2.15. The molecular formula is C12H17ClF2N2O2. The maximum atomic E-state index is 12.1. The summed E-state index contributed by atoms with van der Waals surface area (Å²) in [5.41, 5.74) is 0.706. The lowest BCUT2D eigenvalue weighted by molar-refractivity contribution is -0.120. The first-order valence-electron chi connectivity index (χ1n) is 5.51. The number of likely N-dealkylation sites (N-methyl/N-ethyl adjacent to an activating group) is 1. The second kappa shape index (κ2) is 8.66. The molecule has 0 fully saturated rings. The van der Waals surface area contributed by atoms with Gasteiger partial charge in [0.05, 0.1) is 12.6 Å². The van der Waals surface area contributed by atoms with Gasteiger partial charge in [0.25, 0.3) is 0 Å². The minimum absolute atomic E-state index is 0. The van der Waals surface area contributed by atoms with Crippen molar-refractivity contribution in [1.82, 2.24) is 10.6 Å². The van der Waals surface area contributed by atoms with Crippen LogP contribution >= 0.6 is 12.4 Å². The van der Waals surface area contributed by atoms with Crippen molar-refractivity contribution in [2.45, 2.75) is 19.6 Å². The van der Waals surface area contributed by atoms with E-state index in [2.05, 4.69) is 15.4 Å². The summed E-state index contributed by atoms with van der Waals surface area (Å²) in [6.45, 7) is -0.874. The van der Waals surface area contributed by atoms with E-state index in [4.69, 9.17) is 0 Å². The first-order valence-corrected chi connectivity index (χ1v) is 5.51. The van der Waals surface area contributed by atoms with Crippen molar-refractivity contribution in [1.29, 1.82) is 0 Å². The van der Waals surface area contributed by atoms with Gasteiger partial charge in [0, 0.05) is 0 Å². The molecule has 0 aliphatic carbocycles. The molecule has 1 aromatic rings. The number of alkyl halides is 2. The Kier molecular flexibility index (Phi) is 8.02. The number of nitrogens with one attached hydrogen (secondary N) is 2. The summed E-state index contributed by atoms with van der Waals surface area (Å²) in [6.07, 6.45) is 0. The van der Waals surface area contributed by atoms with Crippen LogP contribution in [0.2, 0.25) is 0 Å². The molecule has 0 radical (unpaired) electrons. The monoisotopic (exact) mass is 294 g/mol. The molecule has 1 aromatic carbocycles. The molecule has 0 saturated carbocycles. The van der Waals surface area contributed by atoms with Crippen LogP contribution in [0.5, 0.6) is 5.75 Å². The van der Waals surface area contributed by atoms with E-state index in [9.17, 15) is 13.6 Å². The van der Waals surface area contributed by atoms with Crippen LogP contribution in [0.4, 0.5) is 8.78 Å². The zero-order valence-corrected chi connectivity index (χ0v) is 11.5. The predicted molar refractivity (Wildman–Crippen MR) is 70.8 cm³/mol. The first kappa shape index (κ1) is 17.6. The van der Waals surface area contributed by atoms with Crippen molar-refractivity contribution in [3.8, 4) is 5.75 Å². The Morgan fingerprint density at radius 3 is 2.68 bits per heavy atom.